The van der Waals surface area contributed by atoms with Crippen LogP contribution in [-0.4, -0.2) is 24.8 Å². The first kappa shape index (κ1) is 15.4. The molecule has 0 radical (unpaired) electrons. The summed E-state index contributed by atoms with van der Waals surface area (Å²) in [6.45, 7) is 1.64. The largest absolute Gasteiger partial charge is 0.398 e. The van der Waals surface area contributed by atoms with Crippen molar-refractivity contribution in [3.8, 4) is 0 Å². The number of nitrogens with two attached hydrogens (primary N) is 1. The van der Waals surface area contributed by atoms with Crippen molar-refractivity contribution in [2.24, 2.45) is 0 Å². The first-order valence-corrected chi connectivity index (χ1v) is 7.67. The Morgan fingerprint density at radius 1 is 1.38 bits per heavy atom. The third-order valence-electron chi connectivity index (χ3n) is 3.19. The summed E-state index contributed by atoms with van der Waals surface area (Å²) in [6, 6.07) is 5.75. The summed E-state index contributed by atoms with van der Waals surface area (Å²) in [7, 11) is -2.39. The number of hydrogen-bond acceptors (Lipinski definition) is 4. The number of benzene rings is 1. The Labute approximate surface area is 123 Å². The molecule has 0 aliphatic heterocycles. The van der Waals surface area contributed by atoms with Gasteiger partial charge in [-0.15, -0.1) is 0 Å². The van der Waals surface area contributed by atoms with Gasteiger partial charge in [-0.1, -0.05) is 6.07 Å². The van der Waals surface area contributed by atoms with Crippen LogP contribution in [0.15, 0.2) is 41.6 Å². The molecule has 0 spiro atoms. The van der Waals surface area contributed by atoms with Gasteiger partial charge < -0.3 is 5.73 Å². The van der Waals surface area contributed by atoms with Gasteiger partial charge in [-0.25, -0.2) is 12.8 Å². The third kappa shape index (κ3) is 3.20. The third-order valence-corrected chi connectivity index (χ3v) is 4.98. The van der Waals surface area contributed by atoms with Gasteiger partial charge in [-0.05, 0) is 30.7 Å². The number of nitrogen functional groups attached to an aromatic ring is 1. The lowest BCUT2D eigenvalue weighted by atomic mass is 10.2. The van der Waals surface area contributed by atoms with Crippen molar-refractivity contribution in [1.29, 1.82) is 0 Å². The number of nitrogens with zero attached hydrogens (tertiary/aromatic N) is 2. The molecule has 5 nitrogen and oxygen atoms in total. The molecule has 2 rings (SSSR count). The lowest BCUT2D eigenvalue weighted by molar-refractivity contribution is 0.465. The Morgan fingerprint density at radius 2 is 2.10 bits per heavy atom. The van der Waals surface area contributed by atoms with E-state index >= 15 is 0 Å². The fraction of sp³-hybridized carbons (Fsp3) is 0.214. The van der Waals surface area contributed by atoms with Gasteiger partial charge in [0.25, 0.3) is 0 Å². The average Bonchev–Trinajstić information content (AvgIpc) is 2.45. The molecule has 0 unspecified atom stereocenters. The van der Waals surface area contributed by atoms with Crippen LogP contribution in [0, 0.1) is 12.7 Å². The topological polar surface area (TPSA) is 76.3 Å². The molecule has 2 aromatic rings. The van der Waals surface area contributed by atoms with E-state index in [2.05, 4.69) is 4.98 Å². The first-order chi connectivity index (χ1) is 9.82. The van der Waals surface area contributed by atoms with Crippen LogP contribution < -0.4 is 5.73 Å². The average molecular weight is 309 g/mol. The summed E-state index contributed by atoms with van der Waals surface area (Å²) in [6.07, 6.45) is 3.18. The van der Waals surface area contributed by atoms with Gasteiger partial charge in [-0.3, -0.25) is 4.98 Å². The monoisotopic (exact) mass is 309 g/mol. The minimum atomic E-state index is -3.81. The van der Waals surface area contributed by atoms with Crippen molar-refractivity contribution < 1.29 is 12.8 Å². The highest BCUT2D eigenvalue weighted by Gasteiger charge is 2.23. The molecule has 0 fully saturated rings. The fourth-order valence-corrected chi connectivity index (χ4v) is 3.04. The van der Waals surface area contributed by atoms with Gasteiger partial charge in [0.05, 0.1) is 4.90 Å². The predicted molar refractivity (Wildman–Crippen MR) is 78.4 cm³/mol. The van der Waals surface area contributed by atoms with Crippen LogP contribution in [0.25, 0.3) is 0 Å². The zero-order valence-corrected chi connectivity index (χ0v) is 12.6. The molecule has 1 aromatic carbocycles. The van der Waals surface area contributed by atoms with Crippen LogP contribution in [0.3, 0.4) is 0 Å². The van der Waals surface area contributed by atoms with Gasteiger partial charge in [0, 0.05) is 37.2 Å². The van der Waals surface area contributed by atoms with Crippen LogP contribution >= 0.6 is 0 Å². The number of halogens is 1. The number of sulfonamides is 1. The second-order valence-electron chi connectivity index (χ2n) is 4.74. The molecule has 0 atom stereocenters. The lowest BCUT2D eigenvalue weighted by Crippen LogP contribution is -2.26. The number of aromatic nitrogens is 1. The minimum Gasteiger partial charge on any atom is -0.398 e. The van der Waals surface area contributed by atoms with E-state index in [1.54, 1.807) is 24.5 Å². The van der Waals surface area contributed by atoms with Crippen LogP contribution in [0.4, 0.5) is 10.1 Å². The normalized spacial score (nSPS) is 11.8. The molecule has 0 bridgehead atoms. The Morgan fingerprint density at radius 3 is 2.67 bits per heavy atom. The molecule has 112 valence electrons. The molecule has 21 heavy (non-hydrogen) atoms. The standard InChI is InChI=1S/C14H16FN3O2S/c1-10-13(15)6-12(7-14(10)16)21(19,20)18(2)9-11-4-3-5-17-8-11/h3-8H,9,16H2,1-2H3. The smallest absolute Gasteiger partial charge is 0.243 e. The molecule has 0 saturated heterocycles. The highest BCUT2D eigenvalue weighted by Crippen LogP contribution is 2.23. The molecule has 2 N–H and O–H groups in total. The summed E-state index contributed by atoms with van der Waals surface area (Å²) in [5.41, 5.74) is 6.73. The Kier molecular flexibility index (Phi) is 4.24. The van der Waals surface area contributed by atoms with Gasteiger partial charge in [0.1, 0.15) is 5.82 Å². The maximum atomic E-state index is 13.7. The van der Waals surface area contributed by atoms with E-state index in [0.29, 0.717) is 0 Å². The van der Waals surface area contributed by atoms with Crippen molar-refractivity contribution in [3.05, 3.63) is 53.6 Å². The van der Waals surface area contributed by atoms with Crippen LogP contribution in [0.5, 0.6) is 0 Å². The molecule has 7 heteroatoms. The van der Waals surface area contributed by atoms with Crippen molar-refractivity contribution in [1.82, 2.24) is 9.29 Å². The quantitative estimate of drug-likeness (QED) is 0.876. The zero-order valence-electron chi connectivity index (χ0n) is 11.7. The number of pyridine rings is 1. The molecule has 0 amide bonds. The van der Waals surface area contributed by atoms with Crippen molar-refractivity contribution in [2.45, 2.75) is 18.4 Å². The zero-order chi connectivity index (χ0) is 15.6. The molecule has 1 heterocycles. The van der Waals surface area contributed by atoms with Gasteiger partial charge in [0.15, 0.2) is 0 Å². The molecule has 1 aromatic heterocycles. The van der Waals surface area contributed by atoms with Crippen LogP contribution in [-0.2, 0) is 16.6 Å². The fourth-order valence-electron chi connectivity index (χ4n) is 1.84. The molecule has 0 aliphatic carbocycles. The van der Waals surface area contributed by atoms with Gasteiger partial charge >= 0.3 is 0 Å². The van der Waals surface area contributed by atoms with Crippen LogP contribution in [0.2, 0.25) is 0 Å². The number of hydrogen-bond donors (Lipinski definition) is 1. The summed E-state index contributed by atoms with van der Waals surface area (Å²) >= 11 is 0. The van der Waals surface area contributed by atoms with Gasteiger partial charge in [0.2, 0.25) is 10.0 Å². The van der Waals surface area contributed by atoms with E-state index in [-0.39, 0.29) is 22.7 Å². The highest BCUT2D eigenvalue weighted by molar-refractivity contribution is 7.89. The molecular formula is C14H16FN3O2S. The summed E-state index contributed by atoms with van der Waals surface area (Å²) < 4.78 is 39.7. The van der Waals surface area contributed by atoms with E-state index in [9.17, 15) is 12.8 Å². The van der Waals surface area contributed by atoms with E-state index in [1.807, 2.05) is 0 Å². The number of rotatable bonds is 4. The van der Waals surface area contributed by atoms with E-state index in [1.165, 1.54) is 20.0 Å². The summed E-state index contributed by atoms with van der Waals surface area (Å²) in [5, 5.41) is 0. The molecular weight excluding hydrogens is 293 g/mol. The van der Waals surface area contributed by atoms with Gasteiger partial charge in [-0.2, -0.15) is 4.31 Å². The molecule has 0 aliphatic rings. The second kappa shape index (κ2) is 5.79. The maximum absolute atomic E-state index is 13.7. The second-order valence-corrected chi connectivity index (χ2v) is 6.79. The Bertz CT molecular complexity index is 725. The predicted octanol–water partition coefficient (Wildman–Crippen LogP) is 1.93. The molecule has 0 saturated carbocycles. The van der Waals surface area contributed by atoms with E-state index in [0.717, 1.165) is 15.9 Å². The van der Waals surface area contributed by atoms with E-state index < -0.39 is 15.8 Å². The summed E-state index contributed by atoms with van der Waals surface area (Å²) in [4.78, 5) is 3.77. The highest BCUT2D eigenvalue weighted by atomic mass is 32.2. The Hall–Kier alpha value is -1.99. The Balaban J connectivity index is 2.33. The lowest BCUT2D eigenvalue weighted by Gasteiger charge is -2.18. The van der Waals surface area contributed by atoms with Crippen molar-refractivity contribution >= 4 is 15.7 Å². The SMILES string of the molecule is Cc1c(N)cc(S(=O)(=O)N(C)Cc2cccnc2)cc1F. The van der Waals surface area contributed by atoms with Crippen LogP contribution in [0.1, 0.15) is 11.1 Å². The number of anilines is 1. The van der Waals surface area contributed by atoms with Crippen molar-refractivity contribution in [3.63, 3.8) is 0 Å². The first-order valence-electron chi connectivity index (χ1n) is 6.23. The maximum Gasteiger partial charge on any atom is 0.243 e. The van der Waals surface area contributed by atoms with Crippen molar-refractivity contribution in [2.75, 3.05) is 12.8 Å². The minimum absolute atomic E-state index is 0.114. The summed E-state index contributed by atoms with van der Waals surface area (Å²) in [5.74, 6) is -0.636. The van der Waals surface area contributed by atoms with E-state index in [4.69, 9.17) is 5.73 Å².